The zero-order valence-corrected chi connectivity index (χ0v) is 8.27. The topological polar surface area (TPSA) is 24.6 Å². The Morgan fingerprint density at radius 1 is 1.62 bits per heavy atom. The van der Waals surface area contributed by atoms with Gasteiger partial charge in [0.05, 0.1) is 23.4 Å². The Kier molecular flexibility index (Phi) is 2.42. The molecule has 0 unspecified atom stereocenters. The number of aryl methyl sites for hydroxylation is 1. The number of nitrogens with one attached hydrogen (secondary N) is 1. The van der Waals surface area contributed by atoms with E-state index in [1.54, 1.807) is 0 Å². The number of benzene rings is 1. The van der Waals surface area contributed by atoms with Gasteiger partial charge in [0.1, 0.15) is 0 Å². The number of epoxide rings is 1. The van der Waals surface area contributed by atoms with Crippen molar-refractivity contribution in [3.8, 4) is 0 Å². The van der Waals surface area contributed by atoms with Gasteiger partial charge in [-0.2, -0.15) is 0 Å². The molecule has 0 bridgehead atoms. The molecule has 1 atom stereocenters. The number of hydrogen-bond acceptors (Lipinski definition) is 2. The normalized spacial score (nSPS) is 20.0. The third kappa shape index (κ3) is 2.14. The molecule has 0 radical (unpaired) electrons. The third-order valence-corrected chi connectivity index (χ3v) is 2.45. The van der Waals surface area contributed by atoms with Gasteiger partial charge < -0.3 is 10.1 Å². The molecular weight excluding hydrogens is 186 g/mol. The predicted molar refractivity (Wildman–Crippen MR) is 54.4 cm³/mol. The SMILES string of the molecule is Cc1cccc(Cl)c1NC[C@@H]1CO1. The molecule has 13 heavy (non-hydrogen) atoms. The zero-order valence-electron chi connectivity index (χ0n) is 7.51. The van der Waals surface area contributed by atoms with Crippen molar-refractivity contribution in [2.24, 2.45) is 0 Å². The molecule has 0 saturated carbocycles. The van der Waals surface area contributed by atoms with Gasteiger partial charge in [0, 0.05) is 6.54 Å². The van der Waals surface area contributed by atoms with E-state index < -0.39 is 0 Å². The maximum atomic E-state index is 6.03. The maximum absolute atomic E-state index is 6.03. The molecule has 1 aliphatic heterocycles. The summed E-state index contributed by atoms with van der Waals surface area (Å²) >= 11 is 6.03. The Bertz CT molecular complexity index is 290. The molecule has 70 valence electrons. The summed E-state index contributed by atoms with van der Waals surface area (Å²) in [7, 11) is 0. The van der Waals surface area contributed by atoms with Crippen LogP contribution in [0.2, 0.25) is 5.02 Å². The van der Waals surface area contributed by atoms with Gasteiger partial charge in [0.2, 0.25) is 0 Å². The van der Waals surface area contributed by atoms with E-state index in [4.69, 9.17) is 16.3 Å². The van der Waals surface area contributed by atoms with E-state index in [1.165, 1.54) is 5.56 Å². The van der Waals surface area contributed by atoms with Crippen LogP contribution in [0.1, 0.15) is 5.56 Å². The van der Waals surface area contributed by atoms with Crippen LogP contribution >= 0.6 is 11.6 Å². The lowest BCUT2D eigenvalue weighted by Crippen LogP contribution is -2.08. The minimum absolute atomic E-state index is 0.385. The van der Waals surface area contributed by atoms with E-state index in [1.807, 2.05) is 25.1 Å². The Morgan fingerprint density at radius 2 is 2.38 bits per heavy atom. The monoisotopic (exact) mass is 197 g/mol. The quantitative estimate of drug-likeness (QED) is 0.753. The summed E-state index contributed by atoms with van der Waals surface area (Å²) in [6.45, 7) is 3.77. The first kappa shape index (κ1) is 8.85. The molecule has 0 spiro atoms. The van der Waals surface area contributed by atoms with Crippen molar-refractivity contribution in [3.63, 3.8) is 0 Å². The van der Waals surface area contributed by atoms with Gasteiger partial charge in [0.15, 0.2) is 0 Å². The molecule has 0 amide bonds. The summed E-state index contributed by atoms with van der Waals surface area (Å²) in [5.74, 6) is 0. The van der Waals surface area contributed by atoms with Crippen LogP contribution in [0.3, 0.4) is 0 Å². The minimum Gasteiger partial charge on any atom is -0.381 e. The Morgan fingerprint density at radius 3 is 3.00 bits per heavy atom. The molecule has 2 rings (SSSR count). The second-order valence-electron chi connectivity index (χ2n) is 3.27. The summed E-state index contributed by atoms with van der Waals surface area (Å²) in [6.07, 6.45) is 0.385. The lowest BCUT2D eigenvalue weighted by molar-refractivity contribution is 0.416. The smallest absolute Gasteiger partial charge is 0.0981 e. The molecule has 1 aromatic carbocycles. The highest BCUT2D eigenvalue weighted by atomic mass is 35.5. The summed E-state index contributed by atoms with van der Waals surface area (Å²) < 4.78 is 5.10. The van der Waals surface area contributed by atoms with Crippen LogP contribution < -0.4 is 5.32 Å². The molecule has 1 heterocycles. The molecule has 0 aromatic heterocycles. The van der Waals surface area contributed by atoms with Gasteiger partial charge in [0.25, 0.3) is 0 Å². The summed E-state index contributed by atoms with van der Waals surface area (Å²) in [6, 6.07) is 5.89. The molecule has 0 aliphatic carbocycles. The molecular formula is C10H12ClNO. The highest BCUT2D eigenvalue weighted by molar-refractivity contribution is 6.33. The molecule has 1 aromatic rings. The summed E-state index contributed by atoms with van der Waals surface area (Å²) in [4.78, 5) is 0. The molecule has 2 nitrogen and oxygen atoms in total. The van der Waals surface area contributed by atoms with E-state index in [-0.39, 0.29) is 0 Å². The number of anilines is 1. The van der Waals surface area contributed by atoms with Crippen LogP contribution in [0.15, 0.2) is 18.2 Å². The maximum Gasteiger partial charge on any atom is 0.0981 e. The van der Waals surface area contributed by atoms with Crippen LogP contribution in [-0.2, 0) is 4.74 Å². The van der Waals surface area contributed by atoms with Crippen molar-refractivity contribution in [1.82, 2.24) is 0 Å². The van der Waals surface area contributed by atoms with Crippen LogP contribution in [0.25, 0.3) is 0 Å². The van der Waals surface area contributed by atoms with Crippen LogP contribution in [0, 0.1) is 6.92 Å². The van der Waals surface area contributed by atoms with Crippen molar-refractivity contribution in [2.45, 2.75) is 13.0 Å². The second-order valence-corrected chi connectivity index (χ2v) is 3.68. The van der Waals surface area contributed by atoms with Gasteiger partial charge in [-0.05, 0) is 18.6 Å². The highest BCUT2D eigenvalue weighted by Crippen LogP contribution is 2.25. The first-order valence-electron chi connectivity index (χ1n) is 4.38. The Labute approximate surface area is 82.9 Å². The lowest BCUT2D eigenvalue weighted by Gasteiger charge is -2.09. The second kappa shape index (κ2) is 3.56. The molecule has 3 heteroatoms. The fraction of sp³-hybridized carbons (Fsp3) is 0.400. The van der Waals surface area contributed by atoms with Crippen molar-refractivity contribution in [3.05, 3.63) is 28.8 Å². The molecule has 1 fully saturated rings. The van der Waals surface area contributed by atoms with Gasteiger partial charge in [-0.15, -0.1) is 0 Å². The lowest BCUT2D eigenvalue weighted by atomic mass is 10.2. The fourth-order valence-corrected chi connectivity index (χ4v) is 1.55. The molecule has 1 N–H and O–H groups in total. The summed E-state index contributed by atoms with van der Waals surface area (Å²) in [5.41, 5.74) is 2.20. The van der Waals surface area contributed by atoms with Crippen molar-refractivity contribution >= 4 is 17.3 Å². The predicted octanol–water partition coefficient (Wildman–Crippen LogP) is 2.46. The van der Waals surface area contributed by atoms with Crippen LogP contribution in [-0.4, -0.2) is 19.3 Å². The number of halogens is 1. The Balaban J connectivity index is 2.07. The van der Waals surface area contributed by atoms with Crippen molar-refractivity contribution < 1.29 is 4.74 Å². The number of hydrogen-bond donors (Lipinski definition) is 1. The largest absolute Gasteiger partial charge is 0.381 e. The Hall–Kier alpha value is -0.730. The van der Waals surface area contributed by atoms with E-state index in [0.717, 1.165) is 23.9 Å². The van der Waals surface area contributed by atoms with E-state index >= 15 is 0 Å². The molecule has 1 aliphatic rings. The number of rotatable bonds is 3. The summed E-state index contributed by atoms with van der Waals surface area (Å²) in [5, 5.41) is 4.06. The van der Waals surface area contributed by atoms with Gasteiger partial charge in [-0.1, -0.05) is 23.7 Å². The fourth-order valence-electron chi connectivity index (χ4n) is 1.26. The first-order chi connectivity index (χ1) is 6.27. The standard InChI is InChI=1S/C10H12ClNO/c1-7-3-2-4-9(11)10(7)12-5-8-6-13-8/h2-4,8,12H,5-6H2,1H3/t8-/m1/s1. The van der Waals surface area contributed by atoms with Crippen LogP contribution in [0.4, 0.5) is 5.69 Å². The average Bonchev–Trinajstić information content (AvgIpc) is 2.87. The van der Waals surface area contributed by atoms with E-state index in [9.17, 15) is 0 Å². The van der Waals surface area contributed by atoms with Crippen molar-refractivity contribution in [1.29, 1.82) is 0 Å². The highest BCUT2D eigenvalue weighted by Gasteiger charge is 2.22. The van der Waals surface area contributed by atoms with Gasteiger partial charge in [-0.3, -0.25) is 0 Å². The molecule has 1 saturated heterocycles. The van der Waals surface area contributed by atoms with Crippen molar-refractivity contribution in [2.75, 3.05) is 18.5 Å². The minimum atomic E-state index is 0.385. The third-order valence-electron chi connectivity index (χ3n) is 2.13. The van der Waals surface area contributed by atoms with Gasteiger partial charge >= 0.3 is 0 Å². The van der Waals surface area contributed by atoms with Crippen LogP contribution in [0.5, 0.6) is 0 Å². The average molecular weight is 198 g/mol. The van der Waals surface area contributed by atoms with E-state index in [2.05, 4.69) is 5.32 Å². The number of ether oxygens (including phenoxy) is 1. The van der Waals surface area contributed by atoms with E-state index in [0.29, 0.717) is 6.10 Å². The first-order valence-corrected chi connectivity index (χ1v) is 4.76. The number of para-hydroxylation sites is 1. The van der Waals surface area contributed by atoms with Gasteiger partial charge in [-0.25, -0.2) is 0 Å². The zero-order chi connectivity index (χ0) is 9.26.